The number of hydrogen-bond acceptors (Lipinski definition) is 6. The van der Waals surface area contributed by atoms with Gasteiger partial charge in [0.25, 0.3) is 17.7 Å². The normalized spacial score (nSPS) is 12.6. The third-order valence-corrected chi connectivity index (χ3v) is 4.64. The summed E-state index contributed by atoms with van der Waals surface area (Å²) in [6.07, 6.45) is 1.42. The van der Waals surface area contributed by atoms with Crippen molar-refractivity contribution in [2.24, 2.45) is 0 Å². The molecule has 0 unspecified atom stereocenters. The van der Waals surface area contributed by atoms with Crippen molar-refractivity contribution in [2.45, 2.75) is 6.54 Å². The lowest BCUT2D eigenvalue weighted by molar-refractivity contribution is -0.119. The molecule has 8 nitrogen and oxygen atoms in total. The Labute approximate surface area is 179 Å². The van der Waals surface area contributed by atoms with Crippen LogP contribution >= 0.6 is 0 Å². The van der Waals surface area contributed by atoms with Crippen LogP contribution in [0.15, 0.2) is 59.2 Å². The van der Waals surface area contributed by atoms with E-state index >= 15 is 0 Å². The molecule has 0 bridgehead atoms. The molecular weight excluding hydrogens is 426 g/mol. The molecule has 3 amide bonds. The van der Waals surface area contributed by atoms with Crippen LogP contribution in [0.5, 0.6) is 0 Å². The lowest BCUT2D eigenvalue weighted by atomic mass is 10.1. The SMILES string of the molecule is O=C(COC(=O)c1ccc2c(c1)C(=O)N(Cc1ccco1)C2=O)Nc1ccc(F)cc1F. The fourth-order valence-corrected chi connectivity index (χ4v) is 3.11. The molecule has 2 heterocycles. The number of ether oxygens (including phenoxy) is 1. The quantitative estimate of drug-likeness (QED) is 0.466. The van der Waals surface area contributed by atoms with E-state index in [1.807, 2.05) is 0 Å². The van der Waals surface area contributed by atoms with E-state index in [0.717, 1.165) is 17.0 Å². The second-order valence-electron chi connectivity index (χ2n) is 6.78. The highest BCUT2D eigenvalue weighted by atomic mass is 19.1. The topological polar surface area (TPSA) is 106 Å². The Kier molecular flexibility index (Phi) is 5.50. The van der Waals surface area contributed by atoms with Gasteiger partial charge in [0.15, 0.2) is 6.61 Å². The minimum atomic E-state index is -0.981. The summed E-state index contributed by atoms with van der Waals surface area (Å²) in [7, 11) is 0. The lowest BCUT2D eigenvalue weighted by Crippen LogP contribution is -2.28. The third-order valence-electron chi connectivity index (χ3n) is 4.64. The van der Waals surface area contributed by atoms with Gasteiger partial charge >= 0.3 is 5.97 Å². The Morgan fingerprint density at radius 2 is 1.78 bits per heavy atom. The molecule has 162 valence electrons. The molecule has 0 fully saturated rings. The maximum atomic E-state index is 13.6. The molecule has 10 heteroatoms. The Bertz CT molecular complexity index is 1240. The first kappa shape index (κ1) is 20.9. The number of carbonyl (C=O) groups is 4. The summed E-state index contributed by atoms with van der Waals surface area (Å²) in [5.74, 6) is -4.26. The minimum absolute atomic E-state index is 0.0221. The van der Waals surface area contributed by atoms with Crippen LogP contribution in [-0.2, 0) is 16.1 Å². The van der Waals surface area contributed by atoms with Crippen LogP contribution < -0.4 is 5.32 Å². The van der Waals surface area contributed by atoms with Crippen molar-refractivity contribution >= 4 is 29.4 Å². The molecule has 0 saturated carbocycles. The number of anilines is 1. The number of nitrogens with one attached hydrogen (secondary N) is 1. The van der Waals surface area contributed by atoms with Crippen LogP contribution in [0.4, 0.5) is 14.5 Å². The summed E-state index contributed by atoms with van der Waals surface area (Å²) < 4.78 is 36.6. The van der Waals surface area contributed by atoms with Crippen LogP contribution in [0.1, 0.15) is 36.8 Å². The minimum Gasteiger partial charge on any atom is -0.467 e. The first-order chi connectivity index (χ1) is 15.3. The summed E-state index contributed by atoms with van der Waals surface area (Å²) in [5.41, 5.74) is -0.173. The van der Waals surface area contributed by atoms with Gasteiger partial charge in [-0.05, 0) is 42.5 Å². The van der Waals surface area contributed by atoms with Gasteiger partial charge in [-0.25, -0.2) is 13.6 Å². The predicted molar refractivity (Wildman–Crippen MR) is 105 cm³/mol. The Morgan fingerprint density at radius 3 is 2.50 bits per heavy atom. The maximum absolute atomic E-state index is 13.6. The predicted octanol–water partition coefficient (Wildman–Crippen LogP) is 3.15. The molecule has 3 aromatic rings. The third kappa shape index (κ3) is 4.10. The number of halogens is 2. The first-order valence-electron chi connectivity index (χ1n) is 9.28. The van der Waals surface area contributed by atoms with Crippen molar-refractivity contribution in [3.05, 3.63) is 88.9 Å². The summed E-state index contributed by atoms with van der Waals surface area (Å²) in [6, 6.07) is 9.65. The zero-order valence-corrected chi connectivity index (χ0v) is 16.3. The molecule has 0 saturated heterocycles. The Hall–Kier alpha value is -4.34. The standard InChI is InChI=1S/C22H14F2N2O6/c23-13-4-6-18(17(24)9-13)25-19(27)11-32-22(30)12-3-5-15-16(8-12)21(29)26(20(15)28)10-14-2-1-7-31-14/h1-9H,10-11H2,(H,25,27). The second kappa shape index (κ2) is 8.42. The lowest BCUT2D eigenvalue weighted by Gasteiger charge is -2.11. The summed E-state index contributed by atoms with van der Waals surface area (Å²) in [4.78, 5) is 50.3. The number of hydrogen-bond donors (Lipinski definition) is 1. The monoisotopic (exact) mass is 440 g/mol. The van der Waals surface area contributed by atoms with Crippen LogP contribution in [-0.4, -0.2) is 35.2 Å². The van der Waals surface area contributed by atoms with E-state index in [-0.39, 0.29) is 28.9 Å². The maximum Gasteiger partial charge on any atom is 0.338 e. The molecule has 0 radical (unpaired) electrons. The molecular formula is C22H14F2N2O6. The van der Waals surface area contributed by atoms with Crippen LogP contribution in [0.25, 0.3) is 0 Å². The average molecular weight is 440 g/mol. The molecule has 1 aliphatic heterocycles. The van der Waals surface area contributed by atoms with E-state index in [2.05, 4.69) is 5.32 Å². The Balaban J connectivity index is 1.40. The summed E-state index contributed by atoms with van der Waals surface area (Å²) >= 11 is 0. The summed E-state index contributed by atoms with van der Waals surface area (Å²) in [5, 5.41) is 2.15. The van der Waals surface area contributed by atoms with E-state index < -0.39 is 41.9 Å². The van der Waals surface area contributed by atoms with Gasteiger partial charge in [-0.3, -0.25) is 19.3 Å². The zero-order chi connectivity index (χ0) is 22.8. The molecule has 0 aliphatic carbocycles. The van der Waals surface area contributed by atoms with Crippen molar-refractivity contribution in [2.75, 3.05) is 11.9 Å². The van der Waals surface area contributed by atoms with E-state index in [4.69, 9.17) is 9.15 Å². The van der Waals surface area contributed by atoms with Gasteiger partial charge in [-0.1, -0.05) is 0 Å². The smallest absolute Gasteiger partial charge is 0.338 e. The van der Waals surface area contributed by atoms with Gasteiger partial charge in [-0.15, -0.1) is 0 Å². The van der Waals surface area contributed by atoms with Gasteiger partial charge in [0.05, 0.1) is 35.2 Å². The molecule has 0 atom stereocenters. The van der Waals surface area contributed by atoms with E-state index in [0.29, 0.717) is 11.8 Å². The average Bonchev–Trinajstić information content (AvgIpc) is 3.37. The number of esters is 1. The van der Waals surface area contributed by atoms with Crippen LogP contribution in [0, 0.1) is 11.6 Å². The number of carbonyl (C=O) groups excluding carboxylic acids is 4. The number of amides is 3. The summed E-state index contributed by atoms with van der Waals surface area (Å²) in [6.45, 7) is -0.802. The molecule has 32 heavy (non-hydrogen) atoms. The number of fused-ring (bicyclic) bond motifs is 1. The first-order valence-corrected chi connectivity index (χ1v) is 9.28. The van der Waals surface area contributed by atoms with Crippen molar-refractivity contribution in [3.63, 3.8) is 0 Å². The largest absolute Gasteiger partial charge is 0.467 e. The number of nitrogens with zero attached hydrogens (tertiary/aromatic N) is 1. The van der Waals surface area contributed by atoms with E-state index in [9.17, 15) is 28.0 Å². The van der Waals surface area contributed by atoms with Crippen molar-refractivity contribution < 1.29 is 37.1 Å². The molecule has 0 spiro atoms. The fraction of sp³-hybridized carbons (Fsp3) is 0.0909. The van der Waals surface area contributed by atoms with Crippen molar-refractivity contribution in [1.29, 1.82) is 0 Å². The van der Waals surface area contributed by atoms with Crippen LogP contribution in [0.3, 0.4) is 0 Å². The number of rotatable bonds is 6. The van der Waals surface area contributed by atoms with E-state index in [1.165, 1.54) is 24.5 Å². The number of furan rings is 1. The Morgan fingerprint density at radius 1 is 1.00 bits per heavy atom. The van der Waals surface area contributed by atoms with E-state index in [1.54, 1.807) is 12.1 Å². The molecule has 1 N–H and O–H groups in total. The van der Waals surface area contributed by atoms with Gasteiger partial charge < -0.3 is 14.5 Å². The zero-order valence-electron chi connectivity index (χ0n) is 16.3. The van der Waals surface area contributed by atoms with Gasteiger partial charge in [0.1, 0.15) is 17.4 Å². The highest BCUT2D eigenvalue weighted by Gasteiger charge is 2.36. The van der Waals surface area contributed by atoms with Gasteiger partial charge in [0, 0.05) is 6.07 Å². The van der Waals surface area contributed by atoms with Crippen LogP contribution in [0.2, 0.25) is 0 Å². The highest BCUT2D eigenvalue weighted by Crippen LogP contribution is 2.26. The van der Waals surface area contributed by atoms with Gasteiger partial charge in [-0.2, -0.15) is 0 Å². The fourth-order valence-electron chi connectivity index (χ4n) is 3.11. The number of benzene rings is 2. The number of imide groups is 1. The highest BCUT2D eigenvalue weighted by molar-refractivity contribution is 6.21. The molecule has 2 aromatic carbocycles. The molecule has 4 rings (SSSR count). The molecule has 1 aromatic heterocycles. The van der Waals surface area contributed by atoms with Crippen molar-refractivity contribution in [1.82, 2.24) is 4.90 Å². The molecule has 1 aliphatic rings. The van der Waals surface area contributed by atoms with Crippen molar-refractivity contribution in [3.8, 4) is 0 Å². The second-order valence-corrected chi connectivity index (χ2v) is 6.78. The van der Waals surface area contributed by atoms with Gasteiger partial charge in [0.2, 0.25) is 0 Å².